The van der Waals surface area contributed by atoms with E-state index in [0.717, 1.165) is 0 Å². The Morgan fingerprint density at radius 3 is 2.65 bits per heavy atom. The fourth-order valence-corrected chi connectivity index (χ4v) is 3.10. The quantitative estimate of drug-likeness (QED) is 0.785. The molecule has 1 unspecified atom stereocenters. The fraction of sp³-hybridized carbons (Fsp3) is 0.647. The molecular weight excluding hydrogens is 248 g/mol. The van der Waals surface area contributed by atoms with Crippen LogP contribution in [-0.2, 0) is 11.3 Å². The molecule has 3 N–H and O–H groups in total. The van der Waals surface area contributed by atoms with Crippen LogP contribution in [0.5, 0.6) is 0 Å². The molecule has 0 radical (unpaired) electrons. The van der Waals surface area contributed by atoms with E-state index in [9.17, 15) is 0 Å². The highest BCUT2D eigenvalue weighted by atomic mass is 16.5. The SMILES string of the molecule is COCc1cccc(C(CN)NC2CCCCCC2)c1. The van der Waals surface area contributed by atoms with Crippen LogP contribution in [0.15, 0.2) is 24.3 Å². The van der Waals surface area contributed by atoms with E-state index >= 15 is 0 Å². The summed E-state index contributed by atoms with van der Waals surface area (Å²) in [5, 5.41) is 3.77. The molecule has 3 nitrogen and oxygen atoms in total. The number of ether oxygens (including phenoxy) is 1. The summed E-state index contributed by atoms with van der Waals surface area (Å²) in [5.41, 5.74) is 8.49. The first-order valence-corrected chi connectivity index (χ1v) is 7.87. The van der Waals surface area contributed by atoms with Crippen LogP contribution in [0.4, 0.5) is 0 Å². The number of benzene rings is 1. The van der Waals surface area contributed by atoms with E-state index in [0.29, 0.717) is 19.2 Å². The van der Waals surface area contributed by atoms with Gasteiger partial charge >= 0.3 is 0 Å². The molecule has 1 aromatic carbocycles. The van der Waals surface area contributed by atoms with Gasteiger partial charge in [-0.2, -0.15) is 0 Å². The van der Waals surface area contributed by atoms with Crippen molar-refractivity contribution in [2.45, 2.75) is 57.2 Å². The number of rotatable bonds is 6. The Hall–Kier alpha value is -0.900. The second-order valence-electron chi connectivity index (χ2n) is 5.82. The van der Waals surface area contributed by atoms with E-state index in [4.69, 9.17) is 10.5 Å². The molecule has 3 heteroatoms. The zero-order chi connectivity index (χ0) is 14.2. The van der Waals surface area contributed by atoms with Crippen LogP contribution in [0, 0.1) is 0 Å². The minimum atomic E-state index is 0.259. The summed E-state index contributed by atoms with van der Waals surface area (Å²) < 4.78 is 5.21. The van der Waals surface area contributed by atoms with Crippen molar-refractivity contribution in [1.29, 1.82) is 0 Å². The second-order valence-corrected chi connectivity index (χ2v) is 5.82. The lowest BCUT2D eigenvalue weighted by Crippen LogP contribution is -2.36. The molecule has 1 atom stereocenters. The maximum absolute atomic E-state index is 5.99. The van der Waals surface area contributed by atoms with Crippen molar-refractivity contribution in [3.8, 4) is 0 Å². The Labute approximate surface area is 122 Å². The van der Waals surface area contributed by atoms with E-state index in [-0.39, 0.29) is 6.04 Å². The van der Waals surface area contributed by atoms with Crippen LogP contribution < -0.4 is 11.1 Å². The van der Waals surface area contributed by atoms with Gasteiger partial charge in [-0.3, -0.25) is 0 Å². The third-order valence-corrected chi connectivity index (χ3v) is 4.19. The molecule has 0 spiro atoms. The first-order valence-electron chi connectivity index (χ1n) is 7.87. The lowest BCUT2D eigenvalue weighted by molar-refractivity contribution is 0.185. The Kier molecular flexibility index (Phi) is 6.51. The Bertz CT molecular complexity index is 386. The molecule has 0 amide bonds. The van der Waals surface area contributed by atoms with E-state index in [1.54, 1.807) is 7.11 Å². The third-order valence-electron chi connectivity index (χ3n) is 4.19. The molecule has 1 aromatic rings. The van der Waals surface area contributed by atoms with Gasteiger partial charge in [-0.05, 0) is 24.0 Å². The topological polar surface area (TPSA) is 47.3 Å². The standard InChI is InChI=1S/C17H28N2O/c1-20-13-14-7-6-8-15(11-14)17(12-18)19-16-9-4-2-3-5-10-16/h6-8,11,16-17,19H,2-5,9-10,12-13,18H2,1H3. The summed E-state index contributed by atoms with van der Waals surface area (Å²) in [5.74, 6) is 0. The van der Waals surface area contributed by atoms with Crippen LogP contribution in [-0.4, -0.2) is 19.7 Å². The average molecular weight is 276 g/mol. The second kappa shape index (κ2) is 8.40. The highest BCUT2D eigenvalue weighted by Crippen LogP contribution is 2.21. The van der Waals surface area contributed by atoms with Gasteiger partial charge < -0.3 is 15.8 Å². The first kappa shape index (κ1) is 15.5. The van der Waals surface area contributed by atoms with Crippen molar-refractivity contribution in [1.82, 2.24) is 5.32 Å². The zero-order valence-corrected chi connectivity index (χ0v) is 12.6. The van der Waals surface area contributed by atoms with Crippen molar-refractivity contribution in [2.24, 2.45) is 5.73 Å². The summed E-state index contributed by atoms with van der Waals surface area (Å²) in [6, 6.07) is 9.46. The van der Waals surface area contributed by atoms with Gasteiger partial charge in [-0.25, -0.2) is 0 Å². The van der Waals surface area contributed by atoms with Gasteiger partial charge in [0.2, 0.25) is 0 Å². The van der Waals surface area contributed by atoms with Crippen LogP contribution in [0.3, 0.4) is 0 Å². The number of nitrogens with one attached hydrogen (secondary N) is 1. The van der Waals surface area contributed by atoms with Crippen molar-refractivity contribution in [3.63, 3.8) is 0 Å². The number of hydrogen-bond acceptors (Lipinski definition) is 3. The minimum absolute atomic E-state index is 0.259. The molecule has 0 aromatic heterocycles. The van der Waals surface area contributed by atoms with E-state index in [1.807, 2.05) is 0 Å². The summed E-state index contributed by atoms with van der Waals surface area (Å²) in [7, 11) is 1.73. The maximum atomic E-state index is 5.99. The molecule has 1 saturated carbocycles. The molecule has 0 heterocycles. The molecular formula is C17H28N2O. The summed E-state index contributed by atoms with van der Waals surface area (Å²) in [4.78, 5) is 0. The van der Waals surface area contributed by atoms with Crippen LogP contribution in [0.1, 0.15) is 55.7 Å². The van der Waals surface area contributed by atoms with Crippen molar-refractivity contribution >= 4 is 0 Å². The van der Waals surface area contributed by atoms with Crippen LogP contribution in [0.25, 0.3) is 0 Å². The molecule has 0 saturated heterocycles. The summed E-state index contributed by atoms with van der Waals surface area (Å²) in [6.07, 6.45) is 8.03. The van der Waals surface area contributed by atoms with Crippen LogP contribution in [0.2, 0.25) is 0 Å². The number of hydrogen-bond donors (Lipinski definition) is 2. The molecule has 1 fully saturated rings. The molecule has 0 bridgehead atoms. The van der Waals surface area contributed by atoms with E-state index in [1.165, 1.54) is 49.7 Å². The number of methoxy groups -OCH3 is 1. The van der Waals surface area contributed by atoms with Gasteiger partial charge in [0.15, 0.2) is 0 Å². The van der Waals surface area contributed by atoms with Gasteiger partial charge in [-0.15, -0.1) is 0 Å². The lowest BCUT2D eigenvalue weighted by atomic mass is 10.0. The minimum Gasteiger partial charge on any atom is -0.380 e. The van der Waals surface area contributed by atoms with Crippen molar-refractivity contribution in [3.05, 3.63) is 35.4 Å². The molecule has 1 aliphatic rings. The van der Waals surface area contributed by atoms with Gasteiger partial charge in [0, 0.05) is 25.7 Å². The maximum Gasteiger partial charge on any atom is 0.0713 e. The first-order chi connectivity index (χ1) is 9.83. The summed E-state index contributed by atoms with van der Waals surface area (Å²) in [6.45, 7) is 1.31. The molecule has 2 rings (SSSR count). The Morgan fingerprint density at radius 1 is 1.25 bits per heavy atom. The Balaban J connectivity index is 2.01. The van der Waals surface area contributed by atoms with Gasteiger partial charge in [-0.1, -0.05) is 49.9 Å². The van der Waals surface area contributed by atoms with E-state index < -0.39 is 0 Å². The monoisotopic (exact) mass is 276 g/mol. The normalized spacial score (nSPS) is 18.7. The largest absolute Gasteiger partial charge is 0.380 e. The van der Waals surface area contributed by atoms with Gasteiger partial charge in [0.05, 0.1) is 6.61 Å². The average Bonchev–Trinajstić information content (AvgIpc) is 2.74. The molecule has 112 valence electrons. The van der Waals surface area contributed by atoms with Gasteiger partial charge in [0.1, 0.15) is 0 Å². The highest BCUT2D eigenvalue weighted by Gasteiger charge is 2.17. The van der Waals surface area contributed by atoms with Crippen molar-refractivity contribution in [2.75, 3.05) is 13.7 Å². The van der Waals surface area contributed by atoms with Gasteiger partial charge in [0.25, 0.3) is 0 Å². The highest BCUT2D eigenvalue weighted by molar-refractivity contribution is 5.26. The van der Waals surface area contributed by atoms with E-state index in [2.05, 4.69) is 29.6 Å². The lowest BCUT2D eigenvalue weighted by Gasteiger charge is -2.24. The molecule has 0 aliphatic heterocycles. The fourth-order valence-electron chi connectivity index (χ4n) is 3.10. The predicted octanol–water partition coefficient (Wildman–Crippen LogP) is 3.15. The predicted molar refractivity (Wildman–Crippen MR) is 83.6 cm³/mol. The van der Waals surface area contributed by atoms with Crippen LogP contribution >= 0.6 is 0 Å². The smallest absolute Gasteiger partial charge is 0.0713 e. The Morgan fingerprint density at radius 2 is 2.00 bits per heavy atom. The zero-order valence-electron chi connectivity index (χ0n) is 12.6. The molecule has 20 heavy (non-hydrogen) atoms. The molecule has 1 aliphatic carbocycles. The third kappa shape index (κ3) is 4.58. The van der Waals surface area contributed by atoms with Crippen molar-refractivity contribution < 1.29 is 4.74 Å². The number of nitrogens with two attached hydrogens (primary N) is 1. The summed E-state index contributed by atoms with van der Waals surface area (Å²) >= 11 is 0.